The minimum absolute atomic E-state index is 0.370. The molecule has 2 rings (SSSR count). The van der Waals surface area contributed by atoms with E-state index in [1.165, 1.54) is 32.2 Å². The fourth-order valence-electron chi connectivity index (χ4n) is 3.49. The molecule has 0 aromatic rings. The molecule has 2 N–H and O–H groups in total. The number of aliphatic hydroxyl groups is 1. The van der Waals surface area contributed by atoms with Crippen LogP contribution in [0.2, 0.25) is 0 Å². The summed E-state index contributed by atoms with van der Waals surface area (Å²) >= 11 is 0. The molecule has 0 aromatic heterocycles. The molecular formula is C16H32N2O2. The molecule has 20 heavy (non-hydrogen) atoms. The predicted molar refractivity (Wildman–Crippen MR) is 81.9 cm³/mol. The highest BCUT2D eigenvalue weighted by Crippen LogP contribution is 2.25. The molecule has 1 saturated carbocycles. The molecule has 0 amide bonds. The second-order valence-corrected chi connectivity index (χ2v) is 6.82. The summed E-state index contributed by atoms with van der Waals surface area (Å²) in [5.41, 5.74) is 0. The third-order valence-corrected chi connectivity index (χ3v) is 4.84. The van der Waals surface area contributed by atoms with Crippen LogP contribution in [0.25, 0.3) is 0 Å². The molecule has 2 aliphatic rings. The Morgan fingerprint density at radius 3 is 2.85 bits per heavy atom. The molecule has 0 aromatic carbocycles. The molecule has 1 heterocycles. The highest BCUT2D eigenvalue weighted by molar-refractivity contribution is 4.78. The van der Waals surface area contributed by atoms with Gasteiger partial charge in [0.25, 0.3) is 0 Å². The van der Waals surface area contributed by atoms with Crippen LogP contribution in [0.3, 0.4) is 0 Å². The average molecular weight is 284 g/mol. The van der Waals surface area contributed by atoms with E-state index in [0.717, 1.165) is 25.3 Å². The molecule has 4 unspecified atom stereocenters. The highest BCUT2D eigenvalue weighted by Gasteiger charge is 2.22. The minimum atomic E-state index is -0.376. The maximum Gasteiger partial charge on any atom is 0.0897 e. The second kappa shape index (κ2) is 8.32. The van der Waals surface area contributed by atoms with Gasteiger partial charge in [-0.2, -0.15) is 0 Å². The molecule has 0 radical (unpaired) electrons. The van der Waals surface area contributed by atoms with Crippen molar-refractivity contribution in [3.63, 3.8) is 0 Å². The van der Waals surface area contributed by atoms with Crippen molar-refractivity contribution in [3.8, 4) is 0 Å². The predicted octanol–water partition coefficient (Wildman–Crippen LogP) is 1.63. The summed E-state index contributed by atoms with van der Waals surface area (Å²) in [6.45, 7) is 5.61. The molecular weight excluding hydrogens is 252 g/mol. The topological polar surface area (TPSA) is 44.7 Å². The molecule has 1 aliphatic carbocycles. The molecule has 2 fully saturated rings. The largest absolute Gasteiger partial charge is 0.389 e. The van der Waals surface area contributed by atoms with E-state index >= 15 is 0 Å². The van der Waals surface area contributed by atoms with Crippen LogP contribution in [0.1, 0.15) is 45.4 Å². The first-order valence-corrected chi connectivity index (χ1v) is 8.35. The number of rotatable bonds is 7. The van der Waals surface area contributed by atoms with Crippen LogP contribution in [0.15, 0.2) is 0 Å². The number of likely N-dealkylation sites (N-methyl/N-ethyl adjacent to an activating group) is 1. The first-order chi connectivity index (χ1) is 9.65. The zero-order valence-electron chi connectivity index (χ0n) is 13.2. The quantitative estimate of drug-likeness (QED) is 0.746. The van der Waals surface area contributed by atoms with Gasteiger partial charge in [-0.15, -0.1) is 0 Å². The first-order valence-electron chi connectivity index (χ1n) is 8.35. The summed E-state index contributed by atoms with van der Waals surface area (Å²) in [5, 5.41) is 13.4. The van der Waals surface area contributed by atoms with Crippen LogP contribution in [0.5, 0.6) is 0 Å². The Morgan fingerprint density at radius 2 is 2.15 bits per heavy atom. The molecule has 1 saturated heterocycles. The minimum Gasteiger partial charge on any atom is -0.389 e. The standard InChI is InChI=1S/C16H32N2O2/c1-13-5-3-7-16(9-13)20-12-15(19)11-17-10-14-6-4-8-18(14)2/h13-17,19H,3-12H2,1-2H3. The van der Waals surface area contributed by atoms with Crippen LogP contribution in [-0.2, 0) is 4.74 Å². The smallest absolute Gasteiger partial charge is 0.0897 e. The van der Waals surface area contributed by atoms with Gasteiger partial charge in [0.15, 0.2) is 0 Å². The number of ether oxygens (including phenoxy) is 1. The monoisotopic (exact) mass is 284 g/mol. The van der Waals surface area contributed by atoms with E-state index in [4.69, 9.17) is 4.74 Å². The zero-order valence-corrected chi connectivity index (χ0v) is 13.2. The van der Waals surface area contributed by atoms with Crippen LogP contribution < -0.4 is 5.32 Å². The van der Waals surface area contributed by atoms with E-state index in [-0.39, 0.29) is 6.10 Å². The van der Waals surface area contributed by atoms with Crippen LogP contribution in [0.4, 0.5) is 0 Å². The number of aliphatic hydroxyl groups excluding tert-OH is 1. The first kappa shape index (κ1) is 16.2. The summed E-state index contributed by atoms with van der Waals surface area (Å²) in [4.78, 5) is 2.40. The third kappa shape index (κ3) is 5.32. The van der Waals surface area contributed by atoms with Crippen molar-refractivity contribution < 1.29 is 9.84 Å². The normalized spacial score (nSPS) is 33.5. The molecule has 0 bridgehead atoms. The Bertz CT molecular complexity index is 275. The van der Waals surface area contributed by atoms with Gasteiger partial charge in [0.05, 0.1) is 18.8 Å². The van der Waals surface area contributed by atoms with Crippen molar-refractivity contribution in [2.45, 2.75) is 63.7 Å². The summed E-state index contributed by atoms with van der Waals surface area (Å²) in [6.07, 6.45) is 7.50. The summed E-state index contributed by atoms with van der Waals surface area (Å²) in [5.74, 6) is 0.780. The van der Waals surface area contributed by atoms with E-state index in [0.29, 0.717) is 25.3 Å². The maximum atomic E-state index is 9.98. The fraction of sp³-hybridized carbons (Fsp3) is 1.00. The van der Waals surface area contributed by atoms with Gasteiger partial charge in [0, 0.05) is 19.1 Å². The van der Waals surface area contributed by atoms with Gasteiger partial charge in [0.1, 0.15) is 0 Å². The van der Waals surface area contributed by atoms with Crippen molar-refractivity contribution in [1.29, 1.82) is 0 Å². The second-order valence-electron chi connectivity index (χ2n) is 6.82. The van der Waals surface area contributed by atoms with E-state index in [1.807, 2.05) is 0 Å². The zero-order chi connectivity index (χ0) is 14.4. The number of hydrogen-bond acceptors (Lipinski definition) is 4. The lowest BCUT2D eigenvalue weighted by Crippen LogP contribution is -2.40. The van der Waals surface area contributed by atoms with Gasteiger partial charge in [0.2, 0.25) is 0 Å². The van der Waals surface area contributed by atoms with E-state index in [1.54, 1.807) is 0 Å². The SMILES string of the molecule is CC1CCCC(OCC(O)CNCC2CCCN2C)C1. The van der Waals surface area contributed by atoms with Gasteiger partial charge in [-0.1, -0.05) is 19.8 Å². The molecule has 118 valence electrons. The summed E-state index contributed by atoms with van der Waals surface area (Å²) in [7, 11) is 2.18. The van der Waals surface area contributed by atoms with Gasteiger partial charge in [-0.05, 0) is 45.2 Å². The Balaban J connectivity index is 1.52. The number of likely N-dealkylation sites (tertiary alicyclic amines) is 1. The summed E-state index contributed by atoms with van der Waals surface area (Å²) in [6, 6.07) is 0.641. The molecule has 0 spiro atoms. The number of hydrogen-bond donors (Lipinski definition) is 2. The molecule has 4 nitrogen and oxygen atoms in total. The Hall–Kier alpha value is -0.160. The number of nitrogens with one attached hydrogen (secondary N) is 1. The maximum absolute atomic E-state index is 9.98. The van der Waals surface area contributed by atoms with Crippen LogP contribution in [0, 0.1) is 5.92 Å². The molecule has 1 aliphatic heterocycles. The van der Waals surface area contributed by atoms with E-state index < -0.39 is 0 Å². The van der Waals surface area contributed by atoms with Gasteiger partial charge < -0.3 is 20.1 Å². The Labute approximate surface area is 123 Å². The Kier molecular flexibility index (Phi) is 6.75. The molecule has 4 heteroatoms. The van der Waals surface area contributed by atoms with E-state index in [9.17, 15) is 5.11 Å². The number of nitrogens with zero attached hydrogens (tertiary/aromatic N) is 1. The van der Waals surface area contributed by atoms with Crippen molar-refractivity contribution >= 4 is 0 Å². The van der Waals surface area contributed by atoms with Gasteiger partial charge in [-0.3, -0.25) is 0 Å². The Morgan fingerprint density at radius 1 is 1.30 bits per heavy atom. The fourth-order valence-corrected chi connectivity index (χ4v) is 3.49. The summed E-state index contributed by atoms with van der Waals surface area (Å²) < 4.78 is 5.86. The van der Waals surface area contributed by atoms with Crippen LogP contribution >= 0.6 is 0 Å². The average Bonchev–Trinajstić information content (AvgIpc) is 2.82. The van der Waals surface area contributed by atoms with Crippen molar-refractivity contribution in [2.24, 2.45) is 5.92 Å². The third-order valence-electron chi connectivity index (χ3n) is 4.84. The van der Waals surface area contributed by atoms with Gasteiger partial charge in [-0.25, -0.2) is 0 Å². The highest BCUT2D eigenvalue weighted by atomic mass is 16.5. The van der Waals surface area contributed by atoms with Crippen molar-refractivity contribution in [1.82, 2.24) is 10.2 Å². The lowest BCUT2D eigenvalue weighted by molar-refractivity contribution is -0.0307. The lowest BCUT2D eigenvalue weighted by atomic mass is 9.89. The van der Waals surface area contributed by atoms with Crippen molar-refractivity contribution in [3.05, 3.63) is 0 Å². The molecule has 4 atom stereocenters. The lowest BCUT2D eigenvalue weighted by Gasteiger charge is -2.28. The van der Waals surface area contributed by atoms with Crippen molar-refractivity contribution in [2.75, 3.05) is 33.3 Å². The van der Waals surface area contributed by atoms with E-state index in [2.05, 4.69) is 24.2 Å². The van der Waals surface area contributed by atoms with Crippen LogP contribution in [-0.4, -0.2) is 61.5 Å². The van der Waals surface area contributed by atoms with Gasteiger partial charge >= 0.3 is 0 Å².